The number of nitrogen functional groups attached to an aromatic ring is 1. The summed E-state index contributed by atoms with van der Waals surface area (Å²) in [5.74, 6) is 2.01. The lowest BCUT2D eigenvalue weighted by molar-refractivity contribution is 0.667. The molecule has 3 N–H and O–H groups in total. The van der Waals surface area contributed by atoms with Crippen LogP contribution in [0.15, 0.2) is 30.3 Å². The average molecular weight is 302 g/mol. The van der Waals surface area contributed by atoms with E-state index in [-0.39, 0.29) is 5.84 Å². The molecule has 0 saturated carbocycles. The van der Waals surface area contributed by atoms with Crippen LogP contribution in [0.1, 0.15) is 18.9 Å². The Morgan fingerprint density at radius 3 is 2.76 bits per heavy atom. The van der Waals surface area contributed by atoms with Gasteiger partial charge in [0.1, 0.15) is 11.7 Å². The number of hydrogen-bond acceptors (Lipinski definition) is 4. The van der Waals surface area contributed by atoms with E-state index in [9.17, 15) is 0 Å². The van der Waals surface area contributed by atoms with Gasteiger partial charge in [0.25, 0.3) is 0 Å². The summed E-state index contributed by atoms with van der Waals surface area (Å²) in [6.45, 7) is 2.18. The van der Waals surface area contributed by atoms with Crippen LogP contribution < -0.4 is 10.6 Å². The van der Waals surface area contributed by atoms with Crippen LogP contribution in [-0.4, -0.2) is 35.9 Å². The first-order valence-corrected chi connectivity index (χ1v) is 8.43. The maximum atomic E-state index is 7.82. The minimum Gasteiger partial charge on any atom is -0.384 e. The molecular weight excluding hydrogens is 280 g/mol. The van der Waals surface area contributed by atoms with E-state index in [2.05, 4.69) is 25.1 Å². The number of nitrogens with zero attached hydrogens (tertiary/aromatic N) is 2. The fraction of sp³-hybridized carbons (Fsp3) is 0.375. The number of nitrogens with two attached hydrogens (primary N) is 1. The van der Waals surface area contributed by atoms with Gasteiger partial charge in [-0.2, -0.15) is 11.8 Å². The Hall–Kier alpha value is -1.75. The van der Waals surface area contributed by atoms with Crippen LogP contribution in [0.5, 0.6) is 0 Å². The van der Waals surface area contributed by atoms with E-state index in [1.165, 1.54) is 0 Å². The second-order valence-electron chi connectivity index (χ2n) is 5.09. The number of fused-ring (bicyclic) bond motifs is 1. The van der Waals surface area contributed by atoms with Crippen molar-refractivity contribution in [2.24, 2.45) is 5.73 Å². The standard InChI is InChI=1S/C16H22N4S/c1-4-11(10-21-3)20(2)15-9-13(16(17)18)12-7-5-6-8-14(12)19-15/h5-9,11H,4,10H2,1-3H3,(H3,17,18). The molecule has 0 aliphatic carbocycles. The molecule has 0 amide bonds. The zero-order valence-electron chi connectivity index (χ0n) is 12.8. The van der Waals surface area contributed by atoms with Crippen LogP contribution in [0.4, 0.5) is 5.82 Å². The minimum absolute atomic E-state index is 0.0844. The Labute approximate surface area is 130 Å². The molecule has 0 aliphatic rings. The van der Waals surface area contributed by atoms with E-state index >= 15 is 0 Å². The van der Waals surface area contributed by atoms with Gasteiger partial charge >= 0.3 is 0 Å². The minimum atomic E-state index is 0.0844. The van der Waals surface area contributed by atoms with Gasteiger partial charge < -0.3 is 10.6 Å². The molecule has 0 aliphatic heterocycles. The smallest absolute Gasteiger partial charge is 0.130 e. The van der Waals surface area contributed by atoms with Gasteiger partial charge in [-0.1, -0.05) is 25.1 Å². The van der Waals surface area contributed by atoms with Crippen molar-refractivity contribution in [3.8, 4) is 0 Å². The first-order chi connectivity index (χ1) is 10.1. The largest absolute Gasteiger partial charge is 0.384 e. The molecule has 2 rings (SSSR count). The SMILES string of the molecule is CCC(CSC)N(C)c1cc(C(=N)N)c2ccccc2n1. The van der Waals surface area contributed by atoms with E-state index in [1.807, 2.05) is 42.1 Å². The Bertz CT molecular complexity index is 641. The molecule has 5 heteroatoms. The molecule has 0 fully saturated rings. The summed E-state index contributed by atoms with van der Waals surface area (Å²) in [6, 6.07) is 10.2. The van der Waals surface area contributed by atoms with Crippen LogP contribution in [0.25, 0.3) is 10.9 Å². The van der Waals surface area contributed by atoms with Gasteiger partial charge in [0, 0.05) is 29.8 Å². The molecule has 1 unspecified atom stereocenters. The fourth-order valence-electron chi connectivity index (χ4n) is 2.45. The van der Waals surface area contributed by atoms with Crippen LogP contribution in [0, 0.1) is 5.41 Å². The van der Waals surface area contributed by atoms with Crippen molar-refractivity contribution in [3.63, 3.8) is 0 Å². The van der Waals surface area contributed by atoms with Gasteiger partial charge in [-0.05, 0) is 24.8 Å². The predicted molar refractivity (Wildman–Crippen MR) is 93.6 cm³/mol. The third-order valence-electron chi connectivity index (χ3n) is 3.73. The predicted octanol–water partition coefficient (Wildman–Crippen LogP) is 3.10. The van der Waals surface area contributed by atoms with E-state index in [1.54, 1.807) is 0 Å². The van der Waals surface area contributed by atoms with Crippen LogP contribution >= 0.6 is 11.8 Å². The molecule has 21 heavy (non-hydrogen) atoms. The second kappa shape index (κ2) is 6.80. The van der Waals surface area contributed by atoms with Crippen LogP contribution in [-0.2, 0) is 0 Å². The van der Waals surface area contributed by atoms with Crippen LogP contribution in [0.2, 0.25) is 0 Å². The number of hydrogen-bond donors (Lipinski definition) is 2. The maximum Gasteiger partial charge on any atom is 0.130 e. The van der Waals surface area contributed by atoms with Crippen molar-refractivity contribution in [2.45, 2.75) is 19.4 Å². The van der Waals surface area contributed by atoms with Crippen molar-refractivity contribution < 1.29 is 0 Å². The number of anilines is 1. The zero-order chi connectivity index (χ0) is 15.4. The summed E-state index contributed by atoms with van der Waals surface area (Å²) in [6.07, 6.45) is 3.17. The molecule has 112 valence electrons. The highest BCUT2D eigenvalue weighted by molar-refractivity contribution is 7.98. The van der Waals surface area contributed by atoms with Gasteiger partial charge in [0.2, 0.25) is 0 Å². The summed E-state index contributed by atoms with van der Waals surface area (Å²) in [7, 11) is 2.06. The molecule has 2 aromatic rings. The normalized spacial score (nSPS) is 12.3. The quantitative estimate of drug-likeness (QED) is 0.635. The van der Waals surface area contributed by atoms with Gasteiger partial charge in [-0.15, -0.1) is 0 Å². The monoisotopic (exact) mass is 302 g/mol. The van der Waals surface area contributed by atoms with Gasteiger partial charge in [-0.25, -0.2) is 4.98 Å². The highest BCUT2D eigenvalue weighted by Crippen LogP contribution is 2.24. The molecule has 4 nitrogen and oxygen atoms in total. The summed E-state index contributed by atoms with van der Waals surface area (Å²) >= 11 is 1.84. The van der Waals surface area contributed by atoms with Crippen molar-refractivity contribution in [3.05, 3.63) is 35.9 Å². The lowest BCUT2D eigenvalue weighted by Crippen LogP contribution is -2.34. The van der Waals surface area contributed by atoms with Crippen LogP contribution in [0.3, 0.4) is 0 Å². The number of amidine groups is 1. The summed E-state index contributed by atoms with van der Waals surface area (Å²) < 4.78 is 0. The van der Waals surface area contributed by atoms with Crippen molar-refractivity contribution >= 4 is 34.3 Å². The molecule has 0 saturated heterocycles. The number of pyridine rings is 1. The lowest BCUT2D eigenvalue weighted by Gasteiger charge is -2.28. The Balaban J connectivity index is 2.51. The Kier molecular flexibility index (Phi) is 5.07. The number of rotatable bonds is 6. The van der Waals surface area contributed by atoms with E-state index in [0.717, 1.165) is 34.5 Å². The van der Waals surface area contributed by atoms with Crippen molar-refractivity contribution in [2.75, 3.05) is 24.0 Å². The zero-order valence-corrected chi connectivity index (χ0v) is 13.6. The average Bonchev–Trinajstić information content (AvgIpc) is 2.50. The second-order valence-corrected chi connectivity index (χ2v) is 6.00. The summed E-state index contributed by atoms with van der Waals surface area (Å²) in [5, 5.41) is 8.75. The molecule has 0 bridgehead atoms. The lowest BCUT2D eigenvalue weighted by atomic mass is 10.1. The molecule has 1 heterocycles. The molecule has 0 radical (unpaired) electrons. The summed E-state index contributed by atoms with van der Waals surface area (Å²) in [4.78, 5) is 6.92. The van der Waals surface area contributed by atoms with Gasteiger partial charge in [-0.3, -0.25) is 5.41 Å². The topological polar surface area (TPSA) is 66.0 Å². The molecule has 1 atom stereocenters. The molecule has 1 aromatic heterocycles. The third-order valence-corrected chi connectivity index (χ3v) is 4.45. The first kappa shape index (κ1) is 15.6. The van der Waals surface area contributed by atoms with Gasteiger partial charge in [0.15, 0.2) is 0 Å². The fourth-order valence-corrected chi connectivity index (χ4v) is 3.29. The van der Waals surface area contributed by atoms with Crippen molar-refractivity contribution in [1.82, 2.24) is 4.98 Å². The number of thioether (sulfide) groups is 1. The van der Waals surface area contributed by atoms with Crippen molar-refractivity contribution in [1.29, 1.82) is 5.41 Å². The number of benzene rings is 1. The molecule has 0 spiro atoms. The van der Waals surface area contributed by atoms with E-state index < -0.39 is 0 Å². The number of aromatic nitrogens is 1. The Morgan fingerprint density at radius 2 is 2.14 bits per heavy atom. The molecule has 1 aromatic carbocycles. The highest BCUT2D eigenvalue weighted by Gasteiger charge is 2.16. The third kappa shape index (κ3) is 3.29. The molecular formula is C16H22N4S. The number of para-hydroxylation sites is 1. The van der Waals surface area contributed by atoms with Gasteiger partial charge in [0.05, 0.1) is 5.52 Å². The highest BCUT2D eigenvalue weighted by atomic mass is 32.2. The first-order valence-electron chi connectivity index (χ1n) is 7.04. The maximum absolute atomic E-state index is 7.82. The van der Waals surface area contributed by atoms with E-state index in [4.69, 9.17) is 16.1 Å². The van der Waals surface area contributed by atoms with E-state index in [0.29, 0.717) is 6.04 Å². The Morgan fingerprint density at radius 1 is 1.43 bits per heavy atom. The summed E-state index contributed by atoms with van der Waals surface area (Å²) in [5.41, 5.74) is 7.38. The number of nitrogens with one attached hydrogen (secondary N) is 1.